The molecular formula is C18H24N2O6S2. The number of benzene rings is 1. The number of carbonyl (C=O) groups excluding carboxylic acids is 1. The number of aliphatic carboxylic acids is 2. The maximum absolute atomic E-state index is 12.0. The van der Waals surface area contributed by atoms with Crippen LogP contribution in [0.15, 0.2) is 30.3 Å². The summed E-state index contributed by atoms with van der Waals surface area (Å²) in [6, 6.07) is 8.17. The van der Waals surface area contributed by atoms with Gasteiger partial charge in [0.15, 0.2) is 0 Å². The fourth-order valence-electron chi connectivity index (χ4n) is 2.67. The molecular weight excluding hydrogens is 404 g/mol. The van der Waals surface area contributed by atoms with Gasteiger partial charge >= 0.3 is 18.0 Å². The molecule has 154 valence electrons. The normalized spacial score (nSPS) is 26.3. The van der Waals surface area contributed by atoms with E-state index in [9.17, 15) is 14.4 Å². The molecule has 0 aliphatic carbocycles. The molecule has 3 rings (SSSR count). The second kappa shape index (κ2) is 10.6. The van der Waals surface area contributed by atoms with Gasteiger partial charge in [-0.05, 0) is 19.4 Å². The maximum Gasteiger partial charge on any atom is 0.411 e. The van der Waals surface area contributed by atoms with Gasteiger partial charge in [-0.15, -0.1) is 23.5 Å². The van der Waals surface area contributed by atoms with Crippen molar-refractivity contribution in [3.8, 4) is 0 Å². The summed E-state index contributed by atoms with van der Waals surface area (Å²) < 4.78 is 5.17. The predicted molar refractivity (Wildman–Crippen MR) is 108 cm³/mol. The van der Waals surface area contributed by atoms with Gasteiger partial charge in [0.25, 0.3) is 0 Å². The molecule has 2 fully saturated rings. The Labute approximate surface area is 172 Å². The molecule has 8 nitrogen and oxygen atoms in total. The zero-order valence-corrected chi connectivity index (χ0v) is 17.2. The Hall–Kier alpha value is -1.91. The van der Waals surface area contributed by atoms with Crippen molar-refractivity contribution in [3.05, 3.63) is 35.9 Å². The number of thioether (sulfide) groups is 2. The van der Waals surface area contributed by atoms with E-state index in [0.29, 0.717) is 16.9 Å². The summed E-state index contributed by atoms with van der Waals surface area (Å²) in [6.07, 6.45) is -0.575. The van der Waals surface area contributed by atoms with E-state index in [4.69, 9.17) is 14.9 Å². The smallest absolute Gasteiger partial charge is 0.411 e. The number of hydrogen-bond donors (Lipinski definition) is 3. The van der Waals surface area contributed by atoms with Gasteiger partial charge in [-0.1, -0.05) is 30.3 Å². The van der Waals surface area contributed by atoms with Crippen LogP contribution in [0.2, 0.25) is 0 Å². The Balaban J connectivity index is 0.000000261. The third-order valence-electron chi connectivity index (χ3n) is 4.17. The van der Waals surface area contributed by atoms with E-state index in [1.165, 1.54) is 16.7 Å². The van der Waals surface area contributed by atoms with Gasteiger partial charge < -0.3 is 14.9 Å². The van der Waals surface area contributed by atoms with Crippen molar-refractivity contribution in [2.45, 2.75) is 43.3 Å². The van der Waals surface area contributed by atoms with Crippen molar-refractivity contribution < 1.29 is 29.3 Å². The summed E-state index contributed by atoms with van der Waals surface area (Å²) in [4.78, 5) is 34.6. The fourth-order valence-corrected chi connectivity index (χ4v) is 4.80. The molecule has 1 amide bonds. The third kappa shape index (κ3) is 6.32. The second-order valence-electron chi connectivity index (χ2n) is 6.27. The van der Waals surface area contributed by atoms with Crippen LogP contribution >= 0.6 is 23.5 Å². The second-order valence-corrected chi connectivity index (χ2v) is 8.99. The number of carboxylic acid groups (broad SMARTS) is 2. The van der Waals surface area contributed by atoms with E-state index < -0.39 is 24.1 Å². The fraction of sp³-hybridized carbons (Fsp3) is 0.500. The molecule has 3 N–H and O–H groups in total. The Morgan fingerprint density at radius 3 is 2.29 bits per heavy atom. The maximum atomic E-state index is 12.0. The SMILES string of the molecule is C[C@@H]1NC(C(=O)O)CS1.C[C@H]1SCC(C(=O)O)N1C(=O)OCc1ccccc1. The van der Waals surface area contributed by atoms with Crippen molar-refractivity contribution >= 4 is 41.6 Å². The average molecular weight is 429 g/mol. The van der Waals surface area contributed by atoms with Crippen LogP contribution in [0.4, 0.5) is 4.79 Å². The molecule has 0 radical (unpaired) electrons. The predicted octanol–water partition coefficient (Wildman–Crippen LogP) is 2.29. The largest absolute Gasteiger partial charge is 0.480 e. The molecule has 2 aliphatic heterocycles. The van der Waals surface area contributed by atoms with E-state index in [0.717, 1.165) is 5.56 Å². The van der Waals surface area contributed by atoms with Gasteiger partial charge in [-0.3, -0.25) is 15.0 Å². The van der Waals surface area contributed by atoms with Gasteiger partial charge in [0.05, 0.1) is 10.7 Å². The van der Waals surface area contributed by atoms with Crippen LogP contribution in [0.25, 0.3) is 0 Å². The third-order valence-corrected chi connectivity index (χ3v) is 6.55. The Kier molecular flexibility index (Phi) is 8.46. The van der Waals surface area contributed by atoms with Crippen LogP contribution in [-0.2, 0) is 20.9 Å². The number of nitrogens with one attached hydrogen (secondary N) is 1. The molecule has 2 unspecified atom stereocenters. The minimum Gasteiger partial charge on any atom is -0.480 e. The van der Waals surface area contributed by atoms with E-state index in [1.807, 2.05) is 37.3 Å². The molecule has 0 aromatic heterocycles. The lowest BCUT2D eigenvalue weighted by atomic mass is 10.2. The lowest BCUT2D eigenvalue weighted by Crippen LogP contribution is -2.44. The molecule has 0 spiro atoms. The standard InChI is InChI=1S/C13H15NO4S.C5H9NO2S/c1-9-14(11(8-19-9)12(15)16)13(17)18-7-10-5-3-2-4-6-10;1-3-6-4(2-9-3)5(7)8/h2-6,9,11H,7-8H2,1H3,(H,15,16);3-4,6H,2H2,1H3,(H,7,8)/t9-,11?;3-,4?/m11/s1. The minimum atomic E-state index is -0.992. The van der Waals surface area contributed by atoms with E-state index in [-0.39, 0.29) is 18.0 Å². The van der Waals surface area contributed by atoms with E-state index in [1.54, 1.807) is 18.7 Å². The van der Waals surface area contributed by atoms with Crippen LogP contribution < -0.4 is 5.32 Å². The number of hydrogen-bond acceptors (Lipinski definition) is 7. The highest BCUT2D eigenvalue weighted by Gasteiger charge is 2.40. The van der Waals surface area contributed by atoms with E-state index >= 15 is 0 Å². The van der Waals surface area contributed by atoms with Gasteiger partial charge in [0.1, 0.15) is 18.7 Å². The number of rotatable bonds is 4. The summed E-state index contributed by atoms with van der Waals surface area (Å²) in [5.41, 5.74) is 0.877. The quantitative estimate of drug-likeness (QED) is 0.664. The first kappa shape index (κ1) is 22.4. The topological polar surface area (TPSA) is 116 Å². The average Bonchev–Trinajstić information content (AvgIpc) is 3.27. The molecule has 2 saturated heterocycles. The number of nitrogens with zero attached hydrogens (tertiary/aromatic N) is 1. The Bertz CT molecular complexity index is 690. The summed E-state index contributed by atoms with van der Waals surface area (Å²) >= 11 is 3.08. The van der Waals surface area contributed by atoms with Crippen LogP contribution in [0.3, 0.4) is 0 Å². The summed E-state index contributed by atoms with van der Waals surface area (Å²) in [5.74, 6) is -0.645. The van der Waals surface area contributed by atoms with Crippen molar-refractivity contribution in [1.29, 1.82) is 0 Å². The highest BCUT2D eigenvalue weighted by atomic mass is 32.2. The molecule has 0 saturated carbocycles. The van der Waals surface area contributed by atoms with Crippen molar-refractivity contribution in [1.82, 2.24) is 10.2 Å². The Morgan fingerprint density at radius 1 is 1.11 bits per heavy atom. The summed E-state index contributed by atoms with van der Waals surface area (Å²) in [6.45, 7) is 3.92. The van der Waals surface area contributed by atoms with Crippen molar-refractivity contribution in [3.63, 3.8) is 0 Å². The summed E-state index contributed by atoms with van der Waals surface area (Å²) in [7, 11) is 0. The molecule has 1 aromatic carbocycles. The van der Waals surface area contributed by atoms with Gasteiger partial charge in [0.2, 0.25) is 0 Å². The van der Waals surface area contributed by atoms with Gasteiger partial charge in [-0.25, -0.2) is 9.59 Å². The molecule has 10 heteroatoms. The lowest BCUT2D eigenvalue weighted by molar-refractivity contribution is -0.141. The number of ether oxygens (including phenoxy) is 1. The number of carboxylic acids is 2. The number of amides is 1. The van der Waals surface area contributed by atoms with Gasteiger partial charge in [0, 0.05) is 11.5 Å². The molecule has 2 aliphatic rings. The van der Waals surface area contributed by atoms with Crippen molar-refractivity contribution in [2.24, 2.45) is 0 Å². The minimum absolute atomic E-state index is 0.153. The lowest BCUT2D eigenvalue weighted by Gasteiger charge is -2.24. The molecule has 1 aromatic rings. The van der Waals surface area contributed by atoms with Crippen molar-refractivity contribution in [2.75, 3.05) is 11.5 Å². The highest BCUT2D eigenvalue weighted by Crippen LogP contribution is 2.29. The van der Waals surface area contributed by atoms with Crippen LogP contribution in [0.1, 0.15) is 19.4 Å². The molecule has 0 bridgehead atoms. The molecule has 2 heterocycles. The van der Waals surface area contributed by atoms with E-state index in [2.05, 4.69) is 5.32 Å². The number of carbonyl (C=O) groups is 3. The zero-order chi connectivity index (χ0) is 20.7. The molecule has 28 heavy (non-hydrogen) atoms. The summed E-state index contributed by atoms with van der Waals surface area (Å²) in [5, 5.41) is 20.6. The first-order valence-corrected chi connectivity index (χ1v) is 10.8. The monoisotopic (exact) mass is 428 g/mol. The van der Waals surface area contributed by atoms with Crippen LogP contribution in [-0.4, -0.2) is 67.5 Å². The molecule has 4 atom stereocenters. The van der Waals surface area contributed by atoms with Gasteiger partial charge in [-0.2, -0.15) is 0 Å². The first-order valence-electron chi connectivity index (χ1n) is 8.73. The van der Waals surface area contributed by atoms with Crippen LogP contribution in [0.5, 0.6) is 0 Å². The van der Waals surface area contributed by atoms with Crippen LogP contribution in [0, 0.1) is 0 Å². The first-order chi connectivity index (χ1) is 13.3. The zero-order valence-electron chi connectivity index (χ0n) is 15.6. The Morgan fingerprint density at radius 2 is 1.79 bits per heavy atom. The highest BCUT2D eigenvalue weighted by molar-refractivity contribution is 8.00.